The van der Waals surface area contributed by atoms with Crippen molar-refractivity contribution in [2.75, 3.05) is 6.54 Å². The summed E-state index contributed by atoms with van der Waals surface area (Å²) in [4.78, 5) is 0. The van der Waals surface area contributed by atoms with E-state index < -0.39 is 5.82 Å². The second-order valence-electron chi connectivity index (χ2n) is 3.41. The molecule has 76 valence electrons. The van der Waals surface area contributed by atoms with Crippen molar-refractivity contribution in [3.8, 4) is 0 Å². The van der Waals surface area contributed by atoms with Crippen molar-refractivity contribution >= 4 is 23.2 Å². The van der Waals surface area contributed by atoms with Crippen LogP contribution < -0.4 is 5.32 Å². The lowest BCUT2D eigenvalue weighted by atomic mass is 10.1. The van der Waals surface area contributed by atoms with E-state index in [1.54, 1.807) is 6.07 Å². The first-order chi connectivity index (χ1) is 6.70. The molecule has 14 heavy (non-hydrogen) atoms. The Labute approximate surface area is 92.2 Å². The molecule has 1 saturated heterocycles. The molecule has 1 aromatic carbocycles. The SMILES string of the molecule is Fc1ccc(Cl)c([C@H]2CCCN2)c1Cl. The molecular formula is C10H10Cl2FN. The van der Waals surface area contributed by atoms with Crippen LogP contribution in [0.4, 0.5) is 4.39 Å². The van der Waals surface area contributed by atoms with Gasteiger partial charge in [-0.25, -0.2) is 4.39 Å². The smallest absolute Gasteiger partial charge is 0.142 e. The lowest BCUT2D eigenvalue weighted by molar-refractivity contribution is 0.607. The van der Waals surface area contributed by atoms with E-state index in [-0.39, 0.29) is 11.1 Å². The van der Waals surface area contributed by atoms with E-state index in [0.29, 0.717) is 10.6 Å². The fourth-order valence-electron chi connectivity index (χ4n) is 1.79. The van der Waals surface area contributed by atoms with Gasteiger partial charge in [-0.2, -0.15) is 0 Å². The minimum absolute atomic E-state index is 0.102. The highest BCUT2D eigenvalue weighted by Crippen LogP contribution is 2.35. The molecule has 1 aromatic rings. The van der Waals surface area contributed by atoms with Gasteiger partial charge in [0.2, 0.25) is 0 Å². The van der Waals surface area contributed by atoms with Crippen LogP contribution in [0.2, 0.25) is 10.0 Å². The predicted octanol–water partition coefficient (Wildman–Crippen LogP) is 3.56. The van der Waals surface area contributed by atoms with Crippen LogP contribution in [0.3, 0.4) is 0 Å². The standard InChI is InChI=1S/C10H10Cl2FN/c11-6-3-4-7(13)10(12)9(6)8-2-1-5-14-8/h3-4,8,14H,1-2,5H2/t8-/m1/s1. The van der Waals surface area contributed by atoms with Crippen molar-refractivity contribution in [2.24, 2.45) is 0 Å². The number of hydrogen-bond donors (Lipinski definition) is 1. The highest BCUT2D eigenvalue weighted by molar-refractivity contribution is 6.36. The lowest BCUT2D eigenvalue weighted by Gasteiger charge is -2.14. The topological polar surface area (TPSA) is 12.0 Å². The third-order valence-corrected chi connectivity index (χ3v) is 3.20. The molecule has 0 radical (unpaired) electrons. The first kappa shape index (κ1) is 10.2. The number of rotatable bonds is 1. The van der Waals surface area contributed by atoms with Crippen molar-refractivity contribution in [1.82, 2.24) is 5.32 Å². The summed E-state index contributed by atoms with van der Waals surface area (Å²) in [6.07, 6.45) is 2.04. The second-order valence-corrected chi connectivity index (χ2v) is 4.19. The van der Waals surface area contributed by atoms with Crippen LogP contribution in [0.15, 0.2) is 12.1 Å². The van der Waals surface area contributed by atoms with Crippen LogP contribution in [-0.4, -0.2) is 6.54 Å². The van der Waals surface area contributed by atoms with Gasteiger partial charge in [-0.3, -0.25) is 0 Å². The van der Waals surface area contributed by atoms with E-state index in [1.165, 1.54) is 6.07 Å². The molecule has 4 heteroatoms. The molecule has 2 rings (SSSR count). The van der Waals surface area contributed by atoms with Gasteiger partial charge in [-0.1, -0.05) is 23.2 Å². The maximum atomic E-state index is 13.2. The molecule has 0 saturated carbocycles. The summed E-state index contributed by atoms with van der Waals surface area (Å²) in [5, 5.41) is 3.93. The Morgan fingerprint density at radius 1 is 1.36 bits per heavy atom. The van der Waals surface area contributed by atoms with Gasteiger partial charge in [0.15, 0.2) is 0 Å². The highest BCUT2D eigenvalue weighted by atomic mass is 35.5. The molecule has 0 aromatic heterocycles. The minimum atomic E-state index is -0.403. The van der Waals surface area contributed by atoms with Gasteiger partial charge in [-0.15, -0.1) is 0 Å². The van der Waals surface area contributed by atoms with Crippen molar-refractivity contribution in [2.45, 2.75) is 18.9 Å². The van der Waals surface area contributed by atoms with E-state index in [1.807, 2.05) is 0 Å². The van der Waals surface area contributed by atoms with Crippen LogP contribution >= 0.6 is 23.2 Å². The van der Waals surface area contributed by atoms with Crippen LogP contribution in [0.1, 0.15) is 24.4 Å². The molecule has 1 nitrogen and oxygen atoms in total. The normalized spacial score (nSPS) is 21.5. The van der Waals surface area contributed by atoms with Crippen molar-refractivity contribution in [3.63, 3.8) is 0 Å². The Morgan fingerprint density at radius 2 is 2.14 bits per heavy atom. The molecule has 0 unspecified atom stereocenters. The quantitative estimate of drug-likeness (QED) is 0.732. The van der Waals surface area contributed by atoms with Crippen LogP contribution in [0.5, 0.6) is 0 Å². The summed E-state index contributed by atoms with van der Waals surface area (Å²) in [7, 11) is 0. The summed E-state index contributed by atoms with van der Waals surface area (Å²) >= 11 is 11.9. The third-order valence-electron chi connectivity index (χ3n) is 2.49. The zero-order valence-corrected chi connectivity index (χ0v) is 9.00. The monoisotopic (exact) mass is 233 g/mol. The van der Waals surface area contributed by atoms with Crippen LogP contribution in [0.25, 0.3) is 0 Å². The molecule has 0 spiro atoms. The number of nitrogens with one attached hydrogen (secondary N) is 1. The van der Waals surface area contributed by atoms with Gasteiger partial charge in [-0.05, 0) is 31.5 Å². The zero-order valence-electron chi connectivity index (χ0n) is 7.49. The Hall–Kier alpha value is -0.310. The number of halogens is 3. The first-order valence-corrected chi connectivity index (χ1v) is 5.32. The highest BCUT2D eigenvalue weighted by Gasteiger charge is 2.22. The minimum Gasteiger partial charge on any atom is -0.310 e. The fourth-order valence-corrected chi connectivity index (χ4v) is 2.43. The summed E-state index contributed by atoms with van der Waals surface area (Å²) in [5.41, 5.74) is 0.700. The predicted molar refractivity (Wildman–Crippen MR) is 56.4 cm³/mol. The molecule has 1 atom stereocenters. The molecule has 1 aliphatic rings. The molecule has 1 fully saturated rings. The molecular weight excluding hydrogens is 224 g/mol. The molecule has 0 amide bonds. The molecule has 1 heterocycles. The Bertz CT molecular complexity index is 348. The van der Waals surface area contributed by atoms with E-state index in [4.69, 9.17) is 23.2 Å². The van der Waals surface area contributed by atoms with Gasteiger partial charge < -0.3 is 5.32 Å². The fraction of sp³-hybridized carbons (Fsp3) is 0.400. The van der Waals surface area contributed by atoms with Crippen LogP contribution in [0, 0.1) is 5.82 Å². The van der Waals surface area contributed by atoms with Crippen molar-refractivity contribution < 1.29 is 4.39 Å². The first-order valence-electron chi connectivity index (χ1n) is 4.57. The Morgan fingerprint density at radius 3 is 2.79 bits per heavy atom. The molecule has 1 aliphatic heterocycles. The average Bonchev–Trinajstić information content (AvgIpc) is 2.65. The summed E-state index contributed by atoms with van der Waals surface area (Å²) in [5.74, 6) is -0.403. The van der Waals surface area contributed by atoms with E-state index in [0.717, 1.165) is 19.4 Å². The van der Waals surface area contributed by atoms with E-state index >= 15 is 0 Å². The number of hydrogen-bond acceptors (Lipinski definition) is 1. The Balaban J connectivity index is 2.44. The lowest BCUT2D eigenvalue weighted by Crippen LogP contribution is -2.14. The largest absolute Gasteiger partial charge is 0.310 e. The van der Waals surface area contributed by atoms with Gasteiger partial charge in [0.05, 0.1) is 5.02 Å². The maximum absolute atomic E-state index is 13.2. The van der Waals surface area contributed by atoms with Crippen molar-refractivity contribution in [3.05, 3.63) is 33.6 Å². The molecule has 0 bridgehead atoms. The number of benzene rings is 1. The average molecular weight is 234 g/mol. The summed E-state index contributed by atoms with van der Waals surface area (Å²) < 4.78 is 13.2. The molecule has 0 aliphatic carbocycles. The van der Waals surface area contributed by atoms with E-state index in [9.17, 15) is 4.39 Å². The van der Waals surface area contributed by atoms with Gasteiger partial charge in [0, 0.05) is 16.6 Å². The van der Waals surface area contributed by atoms with Gasteiger partial charge in [0.1, 0.15) is 5.82 Å². The summed E-state index contributed by atoms with van der Waals surface area (Å²) in [6, 6.07) is 2.95. The van der Waals surface area contributed by atoms with E-state index in [2.05, 4.69) is 5.32 Å². The third kappa shape index (κ3) is 1.74. The zero-order chi connectivity index (χ0) is 10.1. The molecule has 1 N–H and O–H groups in total. The summed E-state index contributed by atoms with van der Waals surface area (Å²) in [6.45, 7) is 0.938. The van der Waals surface area contributed by atoms with Gasteiger partial charge in [0.25, 0.3) is 0 Å². The van der Waals surface area contributed by atoms with Crippen LogP contribution in [-0.2, 0) is 0 Å². The van der Waals surface area contributed by atoms with Crippen molar-refractivity contribution in [1.29, 1.82) is 0 Å². The van der Waals surface area contributed by atoms with Gasteiger partial charge >= 0.3 is 0 Å². The maximum Gasteiger partial charge on any atom is 0.142 e. The Kier molecular flexibility index (Phi) is 2.96. The second kappa shape index (κ2) is 4.05.